The lowest BCUT2D eigenvalue weighted by Crippen LogP contribution is -2.46. The first-order valence-corrected chi connectivity index (χ1v) is 8.90. The molecule has 1 saturated carbocycles. The monoisotopic (exact) mass is 363 g/mol. The first-order chi connectivity index (χ1) is 12.1. The molecule has 6 nitrogen and oxygen atoms in total. The van der Waals surface area contributed by atoms with Gasteiger partial charge in [-0.05, 0) is 38.7 Å². The Morgan fingerprint density at radius 3 is 2.38 bits per heavy atom. The van der Waals surface area contributed by atoms with Gasteiger partial charge < -0.3 is 19.5 Å². The SMILES string of the molecule is COC(=O)[C@H](CC1(OCc2ccccc2)CC1C)NC(=O)OC(C)(C)C. The lowest BCUT2D eigenvalue weighted by molar-refractivity contribution is -0.144. The quantitative estimate of drug-likeness (QED) is 0.751. The van der Waals surface area contributed by atoms with Crippen LogP contribution in [-0.2, 0) is 25.6 Å². The van der Waals surface area contributed by atoms with Gasteiger partial charge in [0.25, 0.3) is 0 Å². The van der Waals surface area contributed by atoms with E-state index in [2.05, 4.69) is 12.2 Å². The van der Waals surface area contributed by atoms with E-state index < -0.39 is 29.3 Å². The standard InChI is InChI=1S/C20H29NO5/c1-14-11-20(14,25-13-15-9-7-6-8-10-15)12-16(17(22)24-5)21-18(23)26-19(2,3)4/h6-10,14,16H,11-13H2,1-5H3,(H,21,23)/t14?,16-,20?/m0/s1. The minimum atomic E-state index is -0.810. The Hall–Kier alpha value is -2.08. The number of carbonyl (C=O) groups excluding carboxylic acids is 2. The second kappa shape index (κ2) is 8.08. The van der Waals surface area contributed by atoms with Crippen molar-refractivity contribution in [2.24, 2.45) is 5.92 Å². The molecule has 0 radical (unpaired) electrons. The summed E-state index contributed by atoms with van der Waals surface area (Å²) in [6.45, 7) is 7.85. The molecule has 6 heteroatoms. The molecule has 1 N–H and O–H groups in total. The van der Waals surface area contributed by atoms with Crippen LogP contribution in [-0.4, -0.2) is 36.4 Å². The molecular formula is C20H29NO5. The minimum absolute atomic E-state index is 0.304. The number of nitrogens with one attached hydrogen (secondary N) is 1. The number of alkyl carbamates (subject to hydrolysis) is 1. The fraction of sp³-hybridized carbons (Fsp3) is 0.600. The van der Waals surface area contributed by atoms with Crippen LogP contribution in [0.25, 0.3) is 0 Å². The number of carbonyl (C=O) groups is 2. The van der Waals surface area contributed by atoms with E-state index in [1.54, 1.807) is 20.8 Å². The summed E-state index contributed by atoms with van der Waals surface area (Å²) in [7, 11) is 1.31. The molecule has 144 valence electrons. The third-order valence-corrected chi connectivity index (χ3v) is 4.49. The molecule has 0 heterocycles. The molecule has 2 unspecified atom stereocenters. The summed E-state index contributed by atoms with van der Waals surface area (Å²) in [6, 6.07) is 9.06. The zero-order valence-electron chi connectivity index (χ0n) is 16.2. The summed E-state index contributed by atoms with van der Waals surface area (Å²) in [5.74, 6) is -0.198. The van der Waals surface area contributed by atoms with Gasteiger partial charge in [0.2, 0.25) is 0 Å². The van der Waals surface area contributed by atoms with Crippen LogP contribution in [0.1, 0.15) is 46.1 Å². The smallest absolute Gasteiger partial charge is 0.408 e. The average molecular weight is 363 g/mol. The van der Waals surface area contributed by atoms with Crippen LogP contribution in [0.5, 0.6) is 0 Å². The summed E-state index contributed by atoms with van der Waals surface area (Å²) < 4.78 is 16.3. The number of rotatable bonds is 7. The number of benzene rings is 1. The van der Waals surface area contributed by atoms with Crippen molar-refractivity contribution in [1.29, 1.82) is 0 Å². The molecule has 1 aliphatic rings. The Labute approximate surface area is 155 Å². The molecule has 1 fully saturated rings. The molecule has 1 aliphatic carbocycles. The molecule has 0 aliphatic heterocycles. The fourth-order valence-electron chi connectivity index (χ4n) is 2.94. The van der Waals surface area contributed by atoms with Crippen LogP contribution in [0.4, 0.5) is 4.79 Å². The Bertz CT molecular complexity index is 625. The summed E-state index contributed by atoms with van der Waals surface area (Å²) in [4.78, 5) is 24.2. The Morgan fingerprint density at radius 1 is 1.27 bits per heavy atom. The third kappa shape index (κ3) is 5.73. The summed E-state index contributed by atoms with van der Waals surface area (Å²) in [5.41, 5.74) is -0.0104. The maximum absolute atomic E-state index is 12.2. The largest absolute Gasteiger partial charge is 0.467 e. The van der Waals surface area contributed by atoms with Crippen LogP contribution in [0.2, 0.25) is 0 Å². The highest BCUT2D eigenvalue weighted by atomic mass is 16.6. The van der Waals surface area contributed by atoms with Crippen molar-refractivity contribution < 1.29 is 23.8 Å². The van der Waals surface area contributed by atoms with E-state index in [0.29, 0.717) is 18.9 Å². The number of amides is 1. The van der Waals surface area contributed by atoms with E-state index in [0.717, 1.165) is 12.0 Å². The van der Waals surface area contributed by atoms with Crippen molar-refractivity contribution in [3.05, 3.63) is 35.9 Å². The molecule has 0 bridgehead atoms. The predicted octanol–water partition coefficient (Wildman–Crippen LogP) is 3.44. The Kier molecular flexibility index (Phi) is 6.29. The van der Waals surface area contributed by atoms with E-state index in [1.165, 1.54) is 7.11 Å². The van der Waals surface area contributed by atoms with Crippen LogP contribution in [0.15, 0.2) is 30.3 Å². The minimum Gasteiger partial charge on any atom is -0.467 e. The molecule has 2 rings (SSSR count). The van der Waals surface area contributed by atoms with Crippen LogP contribution in [0, 0.1) is 5.92 Å². The Balaban J connectivity index is 2.01. The fourth-order valence-corrected chi connectivity index (χ4v) is 2.94. The first kappa shape index (κ1) is 20.2. The van der Waals surface area contributed by atoms with Gasteiger partial charge >= 0.3 is 12.1 Å². The van der Waals surface area contributed by atoms with Crippen molar-refractivity contribution in [1.82, 2.24) is 5.32 Å². The van der Waals surface area contributed by atoms with Crippen LogP contribution in [0.3, 0.4) is 0 Å². The van der Waals surface area contributed by atoms with Crippen LogP contribution < -0.4 is 5.32 Å². The van der Waals surface area contributed by atoms with Crippen molar-refractivity contribution >= 4 is 12.1 Å². The number of hydrogen-bond donors (Lipinski definition) is 1. The van der Waals surface area contributed by atoms with Gasteiger partial charge in [-0.3, -0.25) is 0 Å². The molecule has 3 atom stereocenters. The van der Waals surface area contributed by atoms with Gasteiger partial charge in [0, 0.05) is 6.42 Å². The highest BCUT2D eigenvalue weighted by Crippen LogP contribution is 2.50. The maximum Gasteiger partial charge on any atom is 0.408 e. The molecule has 1 aromatic rings. The van der Waals surface area contributed by atoms with Gasteiger partial charge in [-0.2, -0.15) is 0 Å². The van der Waals surface area contributed by atoms with Gasteiger partial charge in [-0.15, -0.1) is 0 Å². The van der Waals surface area contributed by atoms with E-state index in [1.807, 2.05) is 30.3 Å². The molecule has 26 heavy (non-hydrogen) atoms. The molecule has 1 aromatic carbocycles. The number of ether oxygens (including phenoxy) is 3. The lowest BCUT2D eigenvalue weighted by Gasteiger charge is -2.26. The van der Waals surface area contributed by atoms with Crippen molar-refractivity contribution in [2.45, 2.75) is 64.4 Å². The van der Waals surface area contributed by atoms with Gasteiger partial charge in [-0.1, -0.05) is 37.3 Å². The zero-order chi connectivity index (χ0) is 19.4. The summed E-state index contributed by atoms with van der Waals surface area (Å²) in [6.07, 6.45) is 0.551. The Morgan fingerprint density at radius 2 is 1.88 bits per heavy atom. The van der Waals surface area contributed by atoms with E-state index in [4.69, 9.17) is 14.2 Å². The van der Waals surface area contributed by atoms with Crippen molar-refractivity contribution in [3.63, 3.8) is 0 Å². The third-order valence-electron chi connectivity index (χ3n) is 4.49. The van der Waals surface area contributed by atoms with Gasteiger partial charge in [0.05, 0.1) is 19.3 Å². The van der Waals surface area contributed by atoms with E-state index >= 15 is 0 Å². The molecular weight excluding hydrogens is 334 g/mol. The topological polar surface area (TPSA) is 73.9 Å². The molecule has 0 spiro atoms. The number of hydrogen-bond acceptors (Lipinski definition) is 5. The van der Waals surface area contributed by atoms with Crippen molar-refractivity contribution in [3.8, 4) is 0 Å². The second-order valence-electron chi connectivity index (χ2n) is 7.87. The highest BCUT2D eigenvalue weighted by molar-refractivity contribution is 5.81. The van der Waals surface area contributed by atoms with Crippen LogP contribution >= 0.6 is 0 Å². The molecule has 0 aromatic heterocycles. The lowest BCUT2D eigenvalue weighted by atomic mass is 10.1. The van der Waals surface area contributed by atoms with Gasteiger partial charge in [0.1, 0.15) is 11.6 Å². The first-order valence-electron chi connectivity index (χ1n) is 8.90. The normalized spacial score (nSPS) is 23.0. The van der Waals surface area contributed by atoms with E-state index in [-0.39, 0.29) is 0 Å². The summed E-state index contributed by atoms with van der Waals surface area (Å²) >= 11 is 0. The molecule has 1 amide bonds. The predicted molar refractivity (Wildman–Crippen MR) is 97.5 cm³/mol. The number of methoxy groups -OCH3 is 1. The maximum atomic E-state index is 12.2. The van der Waals surface area contributed by atoms with Crippen molar-refractivity contribution in [2.75, 3.05) is 7.11 Å². The average Bonchev–Trinajstić information content (AvgIpc) is 3.20. The highest BCUT2D eigenvalue weighted by Gasteiger charge is 2.54. The van der Waals surface area contributed by atoms with Gasteiger partial charge in [-0.25, -0.2) is 9.59 Å². The second-order valence-corrected chi connectivity index (χ2v) is 7.87. The molecule has 0 saturated heterocycles. The zero-order valence-corrected chi connectivity index (χ0v) is 16.2. The van der Waals surface area contributed by atoms with E-state index in [9.17, 15) is 9.59 Å². The van der Waals surface area contributed by atoms with Gasteiger partial charge in [0.15, 0.2) is 0 Å². The summed E-state index contributed by atoms with van der Waals surface area (Å²) in [5, 5.41) is 2.62. The number of esters is 1.